The Morgan fingerprint density at radius 3 is 2.05 bits per heavy atom. The summed E-state index contributed by atoms with van der Waals surface area (Å²) < 4.78 is 11.9. The molecule has 19 heavy (non-hydrogen) atoms. The van der Waals surface area contributed by atoms with E-state index in [0.717, 1.165) is 10.6 Å². The van der Waals surface area contributed by atoms with Crippen LogP contribution in [0, 0.1) is 0 Å². The predicted molar refractivity (Wildman–Crippen MR) is 79.2 cm³/mol. The fraction of sp³-hybridized carbons (Fsp3) is 0.571. The van der Waals surface area contributed by atoms with Gasteiger partial charge in [0.15, 0.2) is 0 Å². The van der Waals surface area contributed by atoms with Crippen LogP contribution in [0.5, 0.6) is 0 Å². The molecular formula is C14H21BClNO2. The Bertz CT molecular complexity index is 431. The standard InChI is InChI=1S/C14H21BClNO2/c1-13(2)14(3,4)19-15(18-13)12(17)9-10-5-7-11(16)8-6-10/h5-8,12H,9,17H2,1-4H3/t12-/m0/s1. The maximum Gasteiger partial charge on any atom is 0.476 e. The van der Waals surface area contributed by atoms with Crippen molar-refractivity contribution >= 4 is 18.7 Å². The van der Waals surface area contributed by atoms with Crippen molar-refractivity contribution in [1.29, 1.82) is 0 Å². The summed E-state index contributed by atoms with van der Waals surface area (Å²) in [6.07, 6.45) is 0.702. The molecule has 1 fully saturated rings. The molecule has 1 heterocycles. The minimum atomic E-state index is -0.374. The van der Waals surface area contributed by atoms with E-state index in [0.29, 0.717) is 6.42 Å². The van der Waals surface area contributed by atoms with Crippen LogP contribution in [0.25, 0.3) is 0 Å². The maximum atomic E-state index is 6.21. The van der Waals surface area contributed by atoms with Crippen molar-refractivity contribution in [3.8, 4) is 0 Å². The average molecular weight is 282 g/mol. The van der Waals surface area contributed by atoms with Crippen LogP contribution in [-0.4, -0.2) is 24.3 Å². The minimum absolute atomic E-state index is 0.192. The number of benzene rings is 1. The second-order valence-corrected chi connectivity index (χ2v) is 6.56. The lowest BCUT2D eigenvalue weighted by Gasteiger charge is -2.32. The van der Waals surface area contributed by atoms with E-state index in [-0.39, 0.29) is 24.3 Å². The van der Waals surface area contributed by atoms with E-state index in [9.17, 15) is 0 Å². The molecule has 0 aromatic heterocycles. The van der Waals surface area contributed by atoms with Crippen molar-refractivity contribution in [2.24, 2.45) is 5.73 Å². The smallest absolute Gasteiger partial charge is 0.402 e. The van der Waals surface area contributed by atoms with Crippen molar-refractivity contribution in [1.82, 2.24) is 0 Å². The zero-order valence-corrected chi connectivity index (χ0v) is 12.7. The van der Waals surface area contributed by atoms with Gasteiger partial charge in [0.05, 0.1) is 11.2 Å². The van der Waals surface area contributed by atoms with Gasteiger partial charge in [-0.2, -0.15) is 0 Å². The topological polar surface area (TPSA) is 44.5 Å². The molecular weight excluding hydrogens is 260 g/mol. The molecule has 1 aromatic carbocycles. The highest BCUT2D eigenvalue weighted by Crippen LogP contribution is 2.37. The fourth-order valence-electron chi connectivity index (χ4n) is 2.05. The van der Waals surface area contributed by atoms with Crippen molar-refractivity contribution in [2.45, 2.75) is 51.3 Å². The van der Waals surface area contributed by atoms with Gasteiger partial charge in [0.2, 0.25) is 0 Å². The monoisotopic (exact) mass is 281 g/mol. The molecule has 0 bridgehead atoms. The van der Waals surface area contributed by atoms with Gasteiger partial charge >= 0.3 is 7.12 Å². The summed E-state index contributed by atoms with van der Waals surface area (Å²) in [5.74, 6) is -0.192. The van der Waals surface area contributed by atoms with Gasteiger partial charge in [-0.15, -0.1) is 0 Å². The first kappa shape index (κ1) is 14.9. The largest absolute Gasteiger partial charge is 0.476 e. The van der Waals surface area contributed by atoms with Gasteiger partial charge in [0, 0.05) is 11.0 Å². The van der Waals surface area contributed by atoms with Crippen LogP contribution in [0.2, 0.25) is 5.02 Å². The van der Waals surface area contributed by atoms with Crippen LogP contribution >= 0.6 is 11.6 Å². The quantitative estimate of drug-likeness (QED) is 0.867. The first-order chi connectivity index (χ1) is 8.71. The number of hydrogen-bond acceptors (Lipinski definition) is 3. The molecule has 2 rings (SSSR count). The third kappa shape index (κ3) is 3.14. The molecule has 0 unspecified atom stereocenters. The maximum absolute atomic E-state index is 6.21. The lowest BCUT2D eigenvalue weighted by Crippen LogP contribution is -2.43. The van der Waals surface area contributed by atoms with Gasteiger partial charge in [-0.3, -0.25) is 0 Å². The number of hydrogen-bond donors (Lipinski definition) is 1. The van der Waals surface area contributed by atoms with Gasteiger partial charge in [-0.1, -0.05) is 23.7 Å². The lowest BCUT2D eigenvalue weighted by atomic mass is 9.75. The second kappa shape index (κ2) is 5.10. The Morgan fingerprint density at radius 2 is 1.58 bits per heavy atom. The minimum Gasteiger partial charge on any atom is -0.402 e. The summed E-state index contributed by atoms with van der Waals surface area (Å²) in [5.41, 5.74) is 6.66. The molecule has 1 aromatic rings. The molecule has 0 saturated carbocycles. The highest BCUT2D eigenvalue weighted by Gasteiger charge is 2.52. The number of halogens is 1. The zero-order chi connectivity index (χ0) is 14.3. The first-order valence-electron chi connectivity index (χ1n) is 6.57. The van der Waals surface area contributed by atoms with E-state index in [4.69, 9.17) is 26.6 Å². The molecule has 1 aliphatic heterocycles. The van der Waals surface area contributed by atoms with Gasteiger partial charge in [-0.25, -0.2) is 0 Å². The molecule has 1 atom stereocenters. The summed E-state index contributed by atoms with van der Waals surface area (Å²) in [7, 11) is -0.374. The Hall–Kier alpha value is -0.545. The molecule has 1 aliphatic rings. The second-order valence-electron chi connectivity index (χ2n) is 6.12. The Balaban J connectivity index is 2.02. The summed E-state index contributed by atoms with van der Waals surface area (Å²) >= 11 is 5.87. The summed E-state index contributed by atoms with van der Waals surface area (Å²) in [6.45, 7) is 8.12. The molecule has 0 spiro atoms. The van der Waals surface area contributed by atoms with Crippen LogP contribution in [0.4, 0.5) is 0 Å². The number of rotatable bonds is 3. The zero-order valence-electron chi connectivity index (χ0n) is 11.9. The number of nitrogens with two attached hydrogens (primary N) is 1. The lowest BCUT2D eigenvalue weighted by molar-refractivity contribution is 0.00578. The highest BCUT2D eigenvalue weighted by molar-refractivity contribution is 6.47. The molecule has 2 N–H and O–H groups in total. The Kier molecular flexibility index (Phi) is 3.98. The fourth-order valence-corrected chi connectivity index (χ4v) is 2.18. The summed E-state index contributed by atoms with van der Waals surface area (Å²) in [5, 5.41) is 0.730. The third-order valence-corrected chi connectivity index (χ3v) is 4.26. The summed E-state index contributed by atoms with van der Waals surface area (Å²) in [6, 6.07) is 7.70. The van der Waals surface area contributed by atoms with Crippen molar-refractivity contribution in [3.63, 3.8) is 0 Å². The molecule has 3 nitrogen and oxygen atoms in total. The van der Waals surface area contributed by atoms with Gasteiger partial charge in [0.25, 0.3) is 0 Å². The van der Waals surface area contributed by atoms with Crippen LogP contribution in [0.3, 0.4) is 0 Å². The van der Waals surface area contributed by atoms with E-state index in [1.807, 2.05) is 52.0 Å². The van der Waals surface area contributed by atoms with E-state index < -0.39 is 0 Å². The molecule has 0 amide bonds. The molecule has 104 valence electrons. The van der Waals surface area contributed by atoms with E-state index >= 15 is 0 Å². The third-order valence-electron chi connectivity index (χ3n) is 4.01. The van der Waals surface area contributed by atoms with Gasteiger partial charge in [0.1, 0.15) is 0 Å². The normalized spacial score (nSPS) is 22.5. The molecule has 1 saturated heterocycles. The Morgan fingerprint density at radius 1 is 1.11 bits per heavy atom. The molecule has 5 heteroatoms. The predicted octanol–water partition coefficient (Wildman–Crippen LogP) is 2.84. The first-order valence-corrected chi connectivity index (χ1v) is 6.95. The van der Waals surface area contributed by atoms with Crippen LogP contribution in [-0.2, 0) is 15.7 Å². The Labute approximate surface area is 120 Å². The van der Waals surface area contributed by atoms with Crippen molar-refractivity contribution < 1.29 is 9.31 Å². The summed E-state index contributed by atoms with van der Waals surface area (Å²) in [4.78, 5) is 0. The SMILES string of the molecule is CC1(C)OB([C@@H](N)Cc2ccc(Cl)cc2)OC1(C)C. The van der Waals surface area contributed by atoms with Crippen molar-refractivity contribution in [3.05, 3.63) is 34.9 Å². The molecule has 0 radical (unpaired) electrons. The van der Waals surface area contributed by atoms with Crippen molar-refractivity contribution in [2.75, 3.05) is 0 Å². The van der Waals surface area contributed by atoms with E-state index in [1.165, 1.54) is 0 Å². The van der Waals surface area contributed by atoms with E-state index in [2.05, 4.69) is 0 Å². The van der Waals surface area contributed by atoms with Gasteiger partial charge in [-0.05, 0) is 51.8 Å². The van der Waals surface area contributed by atoms with E-state index in [1.54, 1.807) is 0 Å². The van der Waals surface area contributed by atoms with Gasteiger partial charge < -0.3 is 15.0 Å². The van der Waals surface area contributed by atoms with Crippen LogP contribution < -0.4 is 5.73 Å². The van der Waals surface area contributed by atoms with Crippen LogP contribution in [0.1, 0.15) is 33.3 Å². The van der Waals surface area contributed by atoms with Crippen LogP contribution in [0.15, 0.2) is 24.3 Å². The highest BCUT2D eigenvalue weighted by atomic mass is 35.5. The molecule has 0 aliphatic carbocycles. The average Bonchev–Trinajstić information content (AvgIpc) is 2.51.